The third kappa shape index (κ3) is 7.20. The van der Waals surface area contributed by atoms with Crippen LogP contribution in [-0.2, 0) is 9.59 Å². The summed E-state index contributed by atoms with van der Waals surface area (Å²) in [6.07, 6.45) is 5.98. The molecule has 4 N–H and O–H groups in total. The molecule has 0 radical (unpaired) electrons. The summed E-state index contributed by atoms with van der Waals surface area (Å²) in [7, 11) is 0. The Morgan fingerprint density at radius 3 is 2.42 bits per heavy atom. The van der Waals surface area contributed by atoms with Crippen LogP contribution in [0.2, 0.25) is 0 Å². The molecule has 4 rings (SSSR count). The van der Waals surface area contributed by atoms with Gasteiger partial charge in [-0.1, -0.05) is 37.5 Å². The van der Waals surface area contributed by atoms with E-state index in [0.29, 0.717) is 18.0 Å². The van der Waals surface area contributed by atoms with Gasteiger partial charge in [-0.15, -0.1) is 0 Å². The second kappa shape index (κ2) is 12.1. The number of nitrogens with zero attached hydrogens (tertiary/aromatic N) is 1. The van der Waals surface area contributed by atoms with E-state index in [4.69, 9.17) is 0 Å². The molecule has 9 heteroatoms. The number of rotatable bonds is 6. The first-order valence-electron chi connectivity index (χ1n) is 14.0. The summed E-state index contributed by atoms with van der Waals surface area (Å²) in [5.74, 6) is -1.32. The predicted octanol–water partition coefficient (Wildman–Crippen LogP) is 5.20. The van der Waals surface area contributed by atoms with Gasteiger partial charge in [0, 0.05) is 16.9 Å². The normalized spacial score (nSPS) is 19.8. The summed E-state index contributed by atoms with van der Waals surface area (Å²) in [5, 5.41) is 17.8. The number of hydrogen-bond acceptors (Lipinski definition) is 4. The number of urea groups is 1. The van der Waals surface area contributed by atoms with Crippen LogP contribution < -0.4 is 20.9 Å². The second-order valence-electron chi connectivity index (χ2n) is 12.1. The average molecular weight is 549 g/mol. The number of carboxylic acid groups (broad SMARTS) is 1. The molecule has 9 nitrogen and oxygen atoms in total. The van der Waals surface area contributed by atoms with Crippen LogP contribution in [0.15, 0.2) is 42.5 Å². The monoisotopic (exact) mass is 548 g/mol. The zero-order valence-electron chi connectivity index (χ0n) is 23.8. The number of aromatic carboxylic acids is 1. The van der Waals surface area contributed by atoms with Crippen molar-refractivity contribution in [1.29, 1.82) is 0 Å². The standard InChI is InChI=1S/C31H40N4O5/c1-19-13-14-23-24(20-9-6-5-7-10-20)17-25(33-30(40)32-22-12-8-11-21(16-22)29(38)39)28(37)35(26(23)15-19)18-27(36)34-31(2,3)4/h8,11-16,20,24-25H,5-7,9-10,17-18H2,1-4H3,(H,34,36)(H,38,39)(H2,32,33,40). The van der Waals surface area contributed by atoms with Crippen molar-refractivity contribution in [2.75, 3.05) is 16.8 Å². The molecule has 0 saturated heterocycles. The van der Waals surface area contributed by atoms with Crippen LogP contribution in [0.25, 0.3) is 0 Å². The number of carboxylic acids is 1. The van der Waals surface area contributed by atoms with Crippen LogP contribution in [-0.4, -0.2) is 47.0 Å². The quantitative estimate of drug-likeness (QED) is 0.395. The van der Waals surface area contributed by atoms with Crippen molar-refractivity contribution in [2.24, 2.45) is 5.92 Å². The Morgan fingerprint density at radius 2 is 1.75 bits per heavy atom. The van der Waals surface area contributed by atoms with Gasteiger partial charge in [0.15, 0.2) is 0 Å². The van der Waals surface area contributed by atoms with Gasteiger partial charge in [0.05, 0.1) is 5.56 Å². The highest BCUT2D eigenvalue weighted by Crippen LogP contribution is 2.44. The molecule has 1 aliphatic carbocycles. The summed E-state index contributed by atoms with van der Waals surface area (Å²) in [6, 6.07) is 10.5. The zero-order chi connectivity index (χ0) is 29.0. The minimum Gasteiger partial charge on any atom is -0.478 e. The molecule has 1 saturated carbocycles. The average Bonchev–Trinajstić information content (AvgIpc) is 2.98. The smallest absolute Gasteiger partial charge is 0.335 e. The van der Waals surface area contributed by atoms with Crippen molar-refractivity contribution in [3.8, 4) is 0 Å². The van der Waals surface area contributed by atoms with Crippen LogP contribution >= 0.6 is 0 Å². The van der Waals surface area contributed by atoms with Crippen molar-refractivity contribution < 1.29 is 24.3 Å². The molecule has 2 atom stereocenters. The largest absolute Gasteiger partial charge is 0.478 e. The summed E-state index contributed by atoms with van der Waals surface area (Å²) in [5.41, 5.74) is 2.63. The molecule has 0 aromatic heterocycles. The molecule has 2 aromatic rings. The van der Waals surface area contributed by atoms with E-state index in [0.717, 1.165) is 42.5 Å². The van der Waals surface area contributed by atoms with Crippen LogP contribution in [0.3, 0.4) is 0 Å². The molecule has 1 fully saturated rings. The minimum atomic E-state index is -1.10. The Hall–Kier alpha value is -3.88. The molecule has 40 heavy (non-hydrogen) atoms. The van der Waals surface area contributed by atoms with Crippen LogP contribution in [0.1, 0.15) is 86.7 Å². The predicted molar refractivity (Wildman–Crippen MR) is 155 cm³/mol. The van der Waals surface area contributed by atoms with Gasteiger partial charge in [0.1, 0.15) is 12.6 Å². The summed E-state index contributed by atoms with van der Waals surface area (Å²) in [4.78, 5) is 53.2. The number of benzene rings is 2. The lowest BCUT2D eigenvalue weighted by Gasteiger charge is -2.32. The summed E-state index contributed by atoms with van der Waals surface area (Å²) >= 11 is 0. The molecular weight excluding hydrogens is 508 g/mol. The number of amides is 4. The first kappa shape index (κ1) is 29.1. The Balaban J connectivity index is 1.67. The third-order valence-corrected chi connectivity index (χ3v) is 7.64. The van der Waals surface area contributed by atoms with E-state index in [9.17, 15) is 24.3 Å². The number of anilines is 2. The van der Waals surface area contributed by atoms with E-state index in [1.807, 2.05) is 39.8 Å². The molecular formula is C31H40N4O5. The van der Waals surface area contributed by atoms with E-state index in [1.54, 1.807) is 12.1 Å². The fraction of sp³-hybridized carbons (Fsp3) is 0.484. The second-order valence-corrected chi connectivity index (χ2v) is 12.1. The van der Waals surface area contributed by atoms with Gasteiger partial charge in [-0.25, -0.2) is 9.59 Å². The highest BCUT2D eigenvalue weighted by atomic mass is 16.4. The number of nitrogens with one attached hydrogen (secondary N) is 3. The van der Waals surface area contributed by atoms with Crippen molar-refractivity contribution in [2.45, 2.75) is 83.7 Å². The zero-order valence-corrected chi connectivity index (χ0v) is 23.8. The van der Waals surface area contributed by atoms with Crippen molar-refractivity contribution >= 4 is 35.2 Å². The van der Waals surface area contributed by atoms with Crippen LogP contribution in [0.4, 0.5) is 16.2 Å². The maximum absolute atomic E-state index is 14.1. The lowest BCUT2D eigenvalue weighted by molar-refractivity contribution is -0.125. The van der Waals surface area contributed by atoms with Crippen molar-refractivity contribution in [3.05, 3.63) is 59.2 Å². The highest BCUT2D eigenvalue weighted by molar-refractivity contribution is 6.05. The van der Waals surface area contributed by atoms with Gasteiger partial charge in [0.25, 0.3) is 0 Å². The number of fused-ring (bicyclic) bond motifs is 1. The van der Waals surface area contributed by atoms with Crippen LogP contribution in [0.5, 0.6) is 0 Å². The maximum Gasteiger partial charge on any atom is 0.335 e. The SMILES string of the molecule is Cc1ccc2c(c1)N(CC(=O)NC(C)(C)C)C(=O)C(NC(=O)Nc1cccc(C(=O)O)c1)CC2C1CCCCC1. The topological polar surface area (TPSA) is 128 Å². The highest BCUT2D eigenvalue weighted by Gasteiger charge is 2.40. The fourth-order valence-corrected chi connectivity index (χ4v) is 5.91. The molecule has 2 aliphatic rings. The molecule has 4 amide bonds. The van der Waals surface area contributed by atoms with Crippen LogP contribution in [0, 0.1) is 12.8 Å². The van der Waals surface area contributed by atoms with E-state index in [2.05, 4.69) is 22.0 Å². The lowest BCUT2D eigenvalue weighted by Crippen LogP contribution is -2.53. The maximum atomic E-state index is 14.1. The van der Waals surface area contributed by atoms with E-state index in [1.165, 1.54) is 23.5 Å². The lowest BCUT2D eigenvalue weighted by atomic mass is 9.74. The van der Waals surface area contributed by atoms with Gasteiger partial charge in [-0.3, -0.25) is 9.59 Å². The first-order valence-corrected chi connectivity index (χ1v) is 14.0. The van der Waals surface area contributed by atoms with Crippen molar-refractivity contribution in [1.82, 2.24) is 10.6 Å². The van der Waals surface area contributed by atoms with Gasteiger partial charge in [0.2, 0.25) is 11.8 Å². The molecule has 2 unspecified atom stereocenters. The molecule has 2 aromatic carbocycles. The Kier molecular flexibility index (Phi) is 8.81. The Morgan fingerprint density at radius 1 is 1.02 bits per heavy atom. The van der Waals surface area contributed by atoms with Crippen molar-refractivity contribution in [3.63, 3.8) is 0 Å². The number of aryl methyl sites for hydroxylation is 1. The molecule has 0 spiro atoms. The van der Waals surface area contributed by atoms with Gasteiger partial charge < -0.3 is 26.0 Å². The summed E-state index contributed by atoms with van der Waals surface area (Å²) < 4.78 is 0. The van der Waals surface area contributed by atoms with E-state index in [-0.39, 0.29) is 29.8 Å². The van der Waals surface area contributed by atoms with E-state index < -0.39 is 23.6 Å². The Bertz CT molecular complexity index is 1280. The minimum absolute atomic E-state index is 0.0381. The molecule has 1 aliphatic heterocycles. The molecule has 0 bridgehead atoms. The van der Waals surface area contributed by atoms with Gasteiger partial charge in [-0.05, 0) is 94.2 Å². The number of carbonyl (C=O) groups is 4. The molecule has 1 heterocycles. The van der Waals surface area contributed by atoms with Gasteiger partial charge >= 0.3 is 12.0 Å². The number of carbonyl (C=O) groups excluding carboxylic acids is 3. The molecule has 214 valence electrons. The van der Waals surface area contributed by atoms with Gasteiger partial charge in [-0.2, -0.15) is 0 Å². The van der Waals surface area contributed by atoms with E-state index >= 15 is 0 Å². The first-order chi connectivity index (χ1) is 18.9. The fourth-order valence-electron chi connectivity index (χ4n) is 5.91. The number of hydrogen-bond donors (Lipinski definition) is 4. The third-order valence-electron chi connectivity index (χ3n) is 7.64. The Labute approximate surface area is 235 Å². The summed E-state index contributed by atoms with van der Waals surface area (Å²) in [6.45, 7) is 7.47.